The zero-order chi connectivity index (χ0) is 13.8. The Bertz CT molecular complexity index is 613. The van der Waals surface area contributed by atoms with Gasteiger partial charge in [-0.2, -0.15) is 0 Å². The van der Waals surface area contributed by atoms with Crippen molar-refractivity contribution in [2.45, 2.75) is 13.3 Å². The Hall–Kier alpha value is -1.68. The van der Waals surface area contributed by atoms with Crippen LogP contribution >= 0.6 is 15.9 Å². The summed E-state index contributed by atoms with van der Waals surface area (Å²) in [5, 5.41) is 2.74. The Labute approximate surface area is 119 Å². The molecule has 0 unspecified atom stereocenters. The van der Waals surface area contributed by atoms with Crippen molar-refractivity contribution in [2.24, 2.45) is 0 Å². The highest BCUT2D eigenvalue weighted by atomic mass is 79.9. The van der Waals surface area contributed by atoms with Crippen molar-refractivity contribution in [1.82, 2.24) is 0 Å². The lowest BCUT2D eigenvalue weighted by Crippen LogP contribution is -2.14. The Kier molecular flexibility index (Phi) is 4.32. The lowest BCUT2D eigenvalue weighted by Gasteiger charge is -2.10. The molecule has 98 valence electrons. The fourth-order valence-electron chi connectivity index (χ4n) is 1.81. The highest BCUT2D eigenvalue weighted by Gasteiger charge is 2.13. The maximum atomic E-state index is 13.7. The number of carbonyl (C=O) groups excluding carboxylic acids is 1. The smallest absolute Gasteiger partial charge is 0.258 e. The summed E-state index contributed by atoms with van der Waals surface area (Å²) in [5.41, 5.74) is 1.78. The molecule has 0 heterocycles. The SMILES string of the molecule is CCc1ccccc1NC(=O)c1ccc(Br)cc1F. The first-order valence-corrected chi connectivity index (χ1v) is 6.75. The minimum atomic E-state index is -0.541. The van der Waals surface area contributed by atoms with Crippen molar-refractivity contribution in [3.05, 3.63) is 63.9 Å². The van der Waals surface area contributed by atoms with Crippen molar-refractivity contribution in [3.8, 4) is 0 Å². The molecule has 0 aromatic heterocycles. The van der Waals surface area contributed by atoms with E-state index in [1.165, 1.54) is 12.1 Å². The van der Waals surface area contributed by atoms with E-state index in [-0.39, 0.29) is 5.56 Å². The van der Waals surface area contributed by atoms with Crippen molar-refractivity contribution in [3.63, 3.8) is 0 Å². The van der Waals surface area contributed by atoms with E-state index in [4.69, 9.17) is 0 Å². The van der Waals surface area contributed by atoms with Gasteiger partial charge in [0.05, 0.1) is 5.56 Å². The highest BCUT2D eigenvalue weighted by molar-refractivity contribution is 9.10. The third-order valence-electron chi connectivity index (χ3n) is 2.82. The van der Waals surface area contributed by atoms with Crippen LogP contribution in [-0.4, -0.2) is 5.91 Å². The minimum Gasteiger partial charge on any atom is -0.322 e. The van der Waals surface area contributed by atoms with E-state index in [1.54, 1.807) is 6.07 Å². The van der Waals surface area contributed by atoms with E-state index in [9.17, 15) is 9.18 Å². The molecule has 2 rings (SSSR count). The van der Waals surface area contributed by atoms with Crippen LogP contribution in [0.15, 0.2) is 46.9 Å². The number of rotatable bonds is 3. The van der Waals surface area contributed by atoms with E-state index >= 15 is 0 Å². The summed E-state index contributed by atoms with van der Waals surface area (Å²) in [6, 6.07) is 11.9. The van der Waals surface area contributed by atoms with Gasteiger partial charge < -0.3 is 5.32 Å². The van der Waals surface area contributed by atoms with Gasteiger partial charge in [-0.25, -0.2) is 4.39 Å². The second-order valence-corrected chi connectivity index (χ2v) is 5.00. The quantitative estimate of drug-likeness (QED) is 0.891. The van der Waals surface area contributed by atoms with Crippen LogP contribution in [0.1, 0.15) is 22.8 Å². The molecule has 0 saturated carbocycles. The number of amides is 1. The molecule has 0 atom stereocenters. The molecule has 0 spiro atoms. The molecular weight excluding hydrogens is 309 g/mol. The lowest BCUT2D eigenvalue weighted by atomic mass is 10.1. The van der Waals surface area contributed by atoms with Crippen molar-refractivity contribution in [2.75, 3.05) is 5.32 Å². The summed E-state index contributed by atoms with van der Waals surface area (Å²) in [7, 11) is 0. The van der Waals surface area contributed by atoms with Crippen molar-refractivity contribution >= 4 is 27.5 Å². The number of nitrogens with one attached hydrogen (secondary N) is 1. The molecule has 19 heavy (non-hydrogen) atoms. The molecule has 0 bridgehead atoms. The van der Waals surface area contributed by atoms with Crippen LogP contribution < -0.4 is 5.32 Å². The molecule has 0 aliphatic carbocycles. The van der Waals surface area contributed by atoms with Crippen LogP contribution in [0.25, 0.3) is 0 Å². The molecular formula is C15H13BrFNO. The number of benzene rings is 2. The number of hydrogen-bond donors (Lipinski definition) is 1. The van der Waals surface area contributed by atoms with Crippen LogP contribution in [0, 0.1) is 5.82 Å². The molecule has 2 nitrogen and oxygen atoms in total. The van der Waals surface area contributed by atoms with Gasteiger partial charge in [0.25, 0.3) is 5.91 Å². The molecule has 0 saturated heterocycles. The van der Waals surface area contributed by atoms with Crippen molar-refractivity contribution in [1.29, 1.82) is 0 Å². The van der Waals surface area contributed by atoms with Gasteiger partial charge in [0, 0.05) is 10.2 Å². The summed E-state index contributed by atoms with van der Waals surface area (Å²) in [6.07, 6.45) is 0.805. The first kappa shape index (κ1) is 13.7. The largest absolute Gasteiger partial charge is 0.322 e. The third-order valence-corrected chi connectivity index (χ3v) is 3.32. The lowest BCUT2D eigenvalue weighted by molar-refractivity contribution is 0.102. The molecule has 0 fully saturated rings. The van der Waals surface area contributed by atoms with E-state index < -0.39 is 11.7 Å². The summed E-state index contributed by atoms with van der Waals surface area (Å²) in [4.78, 5) is 12.0. The van der Waals surface area contributed by atoms with Gasteiger partial charge in [0.2, 0.25) is 0 Å². The van der Waals surface area contributed by atoms with Gasteiger partial charge in [-0.1, -0.05) is 41.1 Å². The Morgan fingerprint density at radius 3 is 2.68 bits per heavy atom. The van der Waals surface area contributed by atoms with Gasteiger partial charge in [-0.15, -0.1) is 0 Å². The number of anilines is 1. The monoisotopic (exact) mass is 321 g/mol. The van der Waals surface area contributed by atoms with E-state index in [2.05, 4.69) is 21.2 Å². The van der Waals surface area contributed by atoms with Crippen molar-refractivity contribution < 1.29 is 9.18 Å². The zero-order valence-corrected chi connectivity index (χ0v) is 12.0. The first-order chi connectivity index (χ1) is 9.11. The average molecular weight is 322 g/mol. The summed E-state index contributed by atoms with van der Waals surface area (Å²) < 4.78 is 14.3. The number of para-hydroxylation sites is 1. The first-order valence-electron chi connectivity index (χ1n) is 5.96. The zero-order valence-electron chi connectivity index (χ0n) is 10.4. The Balaban J connectivity index is 2.26. The molecule has 0 aliphatic rings. The predicted molar refractivity (Wildman–Crippen MR) is 77.9 cm³/mol. The molecule has 1 amide bonds. The topological polar surface area (TPSA) is 29.1 Å². The molecule has 0 radical (unpaired) electrons. The minimum absolute atomic E-state index is 0.0362. The van der Waals surface area contributed by atoms with E-state index in [0.717, 1.165) is 17.7 Å². The molecule has 1 N–H and O–H groups in total. The third kappa shape index (κ3) is 3.20. The molecule has 2 aromatic rings. The molecule has 0 aliphatic heterocycles. The predicted octanol–water partition coefficient (Wildman–Crippen LogP) is 4.40. The highest BCUT2D eigenvalue weighted by Crippen LogP contribution is 2.19. The van der Waals surface area contributed by atoms with Gasteiger partial charge >= 0.3 is 0 Å². The van der Waals surface area contributed by atoms with Gasteiger partial charge in [-0.05, 0) is 36.2 Å². The number of halogens is 2. The van der Waals surface area contributed by atoms with E-state index in [1.807, 2.05) is 31.2 Å². The fraction of sp³-hybridized carbons (Fsp3) is 0.133. The molecule has 2 aromatic carbocycles. The maximum Gasteiger partial charge on any atom is 0.258 e. The van der Waals surface area contributed by atoms with Crippen LogP contribution in [0.5, 0.6) is 0 Å². The normalized spacial score (nSPS) is 10.3. The second-order valence-electron chi connectivity index (χ2n) is 4.09. The summed E-state index contributed by atoms with van der Waals surface area (Å²) in [6.45, 7) is 2.01. The summed E-state index contributed by atoms with van der Waals surface area (Å²) >= 11 is 3.16. The maximum absolute atomic E-state index is 13.7. The number of aryl methyl sites for hydroxylation is 1. The summed E-state index contributed by atoms with van der Waals surface area (Å²) in [5.74, 6) is -0.980. The van der Waals surface area contributed by atoms with Gasteiger partial charge in [-0.3, -0.25) is 4.79 Å². The fourth-order valence-corrected chi connectivity index (χ4v) is 2.15. The Morgan fingerprint density at radius 1 is 1.26 bits per heavy atom. The van der Waals surface area contributed by atoms with Gasteiger partial charge in [0.15, 0.2) is 0 Å². The standard InChI is InChI=1S/C15H13BrFNO/c1-2-10-5-3-4-6-14(10)18-15(19)12-8-7-11(16)9-13(12)17/h3-9H,2H2,1H3,(H,18,19). The second kappa shape index (κ2) is 5.97. The van der Waals surface area contributed by atoms with Crippen LogP contribution in [-0.2, 0) is 6.42 Å². The van der Waals surface area contributed by atoms with Crippen LogP contribution in [0.2, 0.25) is 0 Å². The Morgan fingerprint density at radius 2 is 2.00 bits per heavy atom. The number of hydrogen-bond acceptors (Lipinski definition) is 1. The number of carbonyl (C=O) groups is 1. The van der Waals surface area contributed by atoms with Crippen LogP contribution in [0.3, 0.4) is 0 Å². The van der Waals surface area contributed by atoms with Crippen LogP contribution in [0.4, 0.5) is 10.1 Å². The van der Waals surface area contributed by atoms with E-state index in [0.29, 0.717) is 4.47 Å². The van der Waals surface area contributed by atoms with Gasteiger partial charge in [0.1, 0.15) is 5.82 Å². The average Bonchev–Trinajstić information content (AvgIpc) is 2.39. The molecule has 4 heteroatoms.